The third-order valence-corrected chi connectivity index (χ3v) is 3.00. The van der Waals surface area contributed by atoms with Gasteiger partial charge in [-0.25, -0.2) is 0 Å². The van der Waals surface area contributed by atoms with Gasteiger partial charge in [-0.3, -0.25) is 4.68 Å². The molecular formula is C13H25N3O. The lowest BCUT2D eigenvalue weighted by molar-refractivity contribution is 0.280. The summed E-state index contributed by atoms with van der Waals surface area (Å²) >= 11 is 0. The van der Waals surface area contributed by atoms with Crippen LogP contribution in [0.4, 0.5) is 0 Å². The molecule has 0 spiro atoms. The summed E-state index contributed by atoms with van der Waals surface area (Å²) in [7, 11) is 0. The summed E-state index contributed by atoms with van der Waals surface area (Å²) in [5.74, 6) is 0. The van der Waals surface area contributed by atoms with Crippen LogP contribution in [0.25, 0.3) is 0 Å². The number of aromatic nitrogens is 2. The van der Waals surface area contributed by atoms with E-state index in [1.54, 1.807) is 0 Å². The van der Waals surface area contributed by atoms with Crippen LogP contribution >= 0.6 is 0 Å². The smallest absolute Gasteiger partial charge is 0.0641 e. The summed E-state index contributed by atoms with van der Waals surface area (Å²) in [6, 6.07) is 0.492. The molecule has 2 N–H and O–H groups in total. The molecule has 1 rings (SSSR count). The Balaban J connectivity index is 2.65. The standard InChI is InChI=1S/C13H25N3O/c1-10(2)14-9-13-11(3)15-16(12(13)4)7-5-6-8-17/h10,14,17H,5-9H2,1-4H3. The van der Waals surface area contributed by atoms with Gasteiger partial charge in [-0.15, -0.1) is 0 Å². The molecule has 0 aliphatic rings. The van der Waals surface area contributed by atoms with Gasteiger partial charge in [0.1, 0.15) is 0 Å². The lowest BCUT2D eigenvalue weighted by Gasteiger charge is -2.09. The zero-order valence-corrected chi connectivity index (χ0v) is 11.5. The van der Waals surface area contributed by atoms with E-state index in [1.807, 2.05) is 0 Å². The van der Waals surface area contributed by atoms with Crippen LogP contribution in [0.3, 0.4) is 0 Å². The average molecular weight is 239 g/mol. The van der Waals surface area contributed by atoms with Crippen LogP contribution in [0.15, 0.2) is 0 Å². The average Bonchev–Trinajstić information content (AvgIpc) is 2.52. The monoisotopic (exact) mass is 239 g/mol. The molecule has 4 nitrogen and oxygen atoms in total. The van der Waals surface area contributed by atoms with E-state index in [-0.39, 0.29) is 6.61 Å². The summed E-state index contributed by atoms with van der Waals surface area (Å²) in [6.07, 6.45) is 1.83. The molecule has 0 fully saturated rings. The Bertz CT molecular complexity index is 345. The molecule has 0 aliphatic carbocycles. The molecule has 1 aromatic heterocycles. The summed E-state index contributed by atoms with van der Waals surface area (Å²) in [5, 5.41) is 16.8. The topological polar surface area (TPSA) is 50.1 Å². The van der Waals surface area contributed by atoms with Crippen LogP contribution in [-0.2, 0) is 13.1 Å². The fourth-order valence-electron chi connectivity index (χ4n) is 1.89. The molecule has 0 saturated heterocycles. The van der Waals surface area contributed by atoms with E-state index < -0.39 is 0 Å². The highest BCUT2D eigenvalue weighted by Gasteiger charge is 2.11. The van der Waals surface area contributed by atoms with Crippen molar-refractivity contribution in [2.24, 2.45) is 0 Å². The molecule has 1 aromatic rings. The van der Waals surface area contributed by atoms with Gasteiger partial charge in [0.25, 0.3) is 0 Å². The lowest BCUT2D eigenvalue weighted by atomic mass is 10.2. The predicted molar refractivity (Wildman–Crippen MR) is 70.0 cm³/mol. The van der Waals surface area contributed by atoms with E-state index >= 15 is 0 Å². The summed E-state index contributed by atoms with van der Waals surface area (Å²) in [4.78, 5) is 0. The maximum atomic E-state index is 8.78. The zero-order chi connectivity index (χ0) is 12.8. The quantitative estimate of drug-likeness (QED) is 0.713. The van der Waals surface area contributed by atoms with Crippen molar-refractivity contribution >= 4 is 0 Å². The first kappa shape index (κ1) is 14.2. The van der Waals surface area contributed by atoms with Crippen LogP contribution in [0.1, 0.15) is 43.6 Å². The van der Waals surface area contributed by atoms with E-state index in [9.17, 15) is 0 Å². The van der Waals surface area contributed by atoms with Crippen LogP contribution < -0.4 is 5.32 Å². The number of unbranched alkanes of at least 4 members (excludes halogenated alkanes) is 1. The van der Waals surface area contributed by atoms with Crippen molar-refractivity contribution in [3.8, 4) is 0 Å². The zero-order valence-electron chi connectivity index (χ0n) is 11.5. The van der Waals surface area contributed by atoms with Gasteiger partial charge in [-0.05, 0) is 26.7 Å². The minimum Gasteiger partial charge on any atom is -0.396 e. The number of aryl methyl sites for hydroxylation is 2. The number of aliphatic hydroxyl groups is 1. The fourth-order valence-corrected chi connectivity index (χ4v) is 1.89. The Hall–Kier alpha value is -0.870. The normalized spacial score (nSPS) is 11.4. The van der Waals surface area contributed by atoms with E-state index in [2.05, 4.69) is 42.8 Å². The first-order valence-corrected chi connectivity index (χ1v) is 6.43. The van der Waals surface area contributed by atoms with Crippen LogP contribution in [-0.4, -0.2) is 27.5 Å². The van der Waals surface area contributed by atoms with Gasteiger partial charge < -0.3 is 10.4 Å². The van der Waals surface area contributed by atoms with Gasteiger partial charge in [-0.2, -0.15) is 5.10 Å². The highest BCUT2D eigenvalue weighted by molar-refractivity contribution is 5.24. The number of hydrogen-bond acceptors (Lipinski definition) is 3. The number of aliphatic hydroxyl groups excluding tert-OH is 1. The first-order valence-electron chi connectivity index (χ1n) is 6.43. The predicted octanol–water partition coefficient (Wildman–Crippen LogP) is 1.77. The van der Waals surface area contributed by atoms with Gasteiger partial charge >= 0.3 is 0 Å². The summed E-state index contributed by atoms with van der Waals surface area (Å²) in [6.45, 7) is 10.5. The molecule has 0 atom stereocenters. The number of hydrogen-bond donors (Lipinski definition) is 2. The van der Waals surface area contributed by atoms with E-state index in [1.165, 1.54) is 11.3 Å². The highest BCUT2D eigenvalue weighted by atomic mass is 16.2. The van der Waals surface area contributed by atoms with Crippen LogP contribution in [0.5, 0.6) is 0 Å². The second-order valence-electron chi connectivity index (χ2n) is 4.84. The maximum Gasteiger partial charge on any atom is 0.0641 e. The third kappa shape index (κ3) is 4.13. The molecular weight excluding hydrogens is 214 g/mol. The van der Waals surface area contributed by atoms with E-state index in [0.29, 0.717) is 6.04 Å². The summed E-state index contributed by atoms with van der Waals surface area (Å²) < 4.78 is 2.06. The Morgan fingerprint density at radius 3 is 2.59 bits per heavy atom. The van der Waals surface area contributed by atoms with Gasteiger partial charge in [0.05, 0.1) is 5.69 Å². The van der Waals surface area contributed by atoms with Crippen molar-refractivity contribution in [1.82, 2.24) is 15.1 Å². The van der Waals surface area contributed by atoms with Crippen molar-refractivity contribution in [2.45, 2.75) is 59.7 Å². The highest BCUT2D eigenvalue weighted by Crippen LogP contribution is 2.13. The molecule has 0 aromatic carbocycles. The van der Waals surface area contributed by atoms with Crippen molar-refractivity contribution < 1.29 is 5.11 Å². The van der Waals surface area contributed by atoms with Crippen molar-refractivity contribution in [2.75, 3.05) is 6.61 Å². The van der Waals surface area contributed by atoms with Crippen molar-refractivity contribution in [1.29, 1.82) is 0 Å². The maximum absolute atomic E-state index is 8.78. The molecule has 0 aliphatic heterocycles. The number of nitrogens with zero attached hydrogens (tertiary/aromatic N) is 2. The SMILES string of the molecule is Cc1nn(CCCCO)c(C)c1CNC(C)C. The van der Waals surface area contributed by atoms with Crippen molar-refractivity contribution in [3.63, 3.8) is 0 Å². The number of rotatable bonds is 7. The number of nitrogens with one attached hydrogen (secondary N) is 1. The Morgan fingerprint density at radius 1 is 1.29 bits per heavy atom. The molecule has 0 unspecified atom stereocenters. The molecule has 1 heterocycles. The molecule has 0 amide bonds. The van der Waals surface area contributed by atoms with Crippen molar-refractivity contribution in [3.05, 3.63) is 17.0 Å². The first-order chi connectivity index (χ1) is 8.06. The second kappa shape index (κ2) is 6.77. The minimum atomic E-state index is 0.265. The Kier molecular flexibility index (Phi) is 5.65. The molecule has 0 radical (unpaired) electrons. The lowest BCUT2D eigenvalue weighted by Crippen LogP contribution is -2.22. The minimum absolute atomic E-state index is 0.265. The molecule has 0 bridgehead atoms. The molecule has 98 valence electrons. The van der Waals surface area contributed by atoms with Gasteiger partial charge in [-0.1, -0.05) is 13.8 Å². The fraction of sp³-hybridized carbons (Fsp3) is 0.769. The Morgan fingerprint density at radius 2 is 2.00 bits per heavy atom. The third-order valence-electron chi connectivity index (χ3n) is 3.00. The van der Waals surface area contributed by atoms with Crippen LogP contribution in [0.2, 0.25) is 0 Å². The second-order valence-corrected chi connectivity index (χ2v) is 4.84. The van der Waals surface area contributed by atoms with Crippen LogP contribution in [0, 0.1) is 13.8 Å². The molecule has 4 heteroatoms. The van der Waals surface area contributed by atoms with Gasteiger partial charge in [0, 0.05) is 37.0 Å². The van der Waals surface area contributed by atoms with Gasteiger partial charge in [0.15, 0.2) is 0 Å². The summed E-state index contributed by atoms with van der Waals surface area (Å²) in [5.41, 5.74) is 3.66. The Labute approximate surface area is 104 Å². The molecule has 17 heavy (non-hydrogen) atoms. The molecule has 0 saturated carbocycles. The van der Waals surface area contributed by atoms with E-state index in [4.69, 9.17) is 5.11 Å². The van der Waals surface area contributed by atoms with Gasteiger partial charge in [0.2, 0.25) is 0 Å². The van der Waals surface area contributed by atoms with E-state index in [0.717, 1.165) is 31.6 Å². The largest absolute Gasteiger partial charge is 0.396 e.